The van der Waals surface area contributed by atoms with Crippen molar-refractivity contribution in [3.8, 4) is 0 Å². The minimum atomic E-state index is -0.589. The molecule has 2 heteroatoms. The molecule has 3 aromatic carbocycles. The van der Waals surface area contributed by atoms with Gasteiger partial charge in [-0.2, -0.15) is 0 Å². The highest BCUT2D eigenvalue weighted by molar-refractivity contribution is 5.56. The van der Waals surface area contributed by atoms with Crippen molar-refractivity contribution in [2.24, 2.45) is 0 Å². The van der Waals surface area contributed by atoms with E-state index in [0.29, 0.717) is 0 Å². The summed E-state index contributed by atoms with van der Waals surface area (Å²) in [6.45, 7) is 0. The molecule has 0 aliphatic rings. The highest BCUT2D eigenvalue weighted by atomic mass is 16.5. The van der Waals surface area contributed by atoms with E-state index in [2.05, 4.69) is 72.8 Å². The van der Waals surface area contributed by atoms with Gasteiger partial charge in [-0.3, -0.25) is 0 Å². The summed E-state index contributed by atoms with van der Waals surface area (Å²) in [4.78, 5) is 0. The molecule has 3 aromatic rings. The standard InChI is InChI=1S/C23H22O2/c1-24-18-22(25-2)23(19-12-6-3-7-13-19,20-14-8-4-9-15-20)21-16-10-5-11-17-21/h3-18H,1-2H3. The lowest BCUT2D eigenvalue weighted by Gasteiger charge is -2.36. The van der Waals surface area contributed by atoms with Crippen molar-refractivity contribution in [2.45, 2.75) is 5.41 Å². The first-order chi connectivity index (χ1) is 12.3. The summed E-state index contributed by atoms with van der Waals surface area (Å²) in [5, 5.41) is 0. The fraction of sp³-hybridized carbons (Fsp3) is 0.130. The summed E-state index contributed by atoms with van der Waals surface area (Å²) in [5.41, 5.74) is 2.78. The molecule has 0 spiro atoms. The molecule has 2 nitrogen and oxygen atoms in total. The lowest BCUT2D eigenvalue weighted by molar-refractivity contribution is 0.217. The molecule has 0 N–H and O–H groups in total. The molecule has 0 atom stereocenters. The first-order valence-electron chi connectivity index (χ1n) is 8.28. The van der Waals surface area contributed by atoms with Gasteiger partial charge in [-0.25, -0.2) is 0 Å². The van der Waals surface area contributed by atoms with E-state index in [0.717, 1.165) is 22.4 Å². The largest absolute Gasteiger partial charge is 0.501 e. The zero-order valence-corrected chi connectivity index (χ0v) is 14.6. The second kappa shape index (κ2) is 7.71. The van der Waals surface area contributed by atoms with Crippen molar-refractivity contribution in [3.63, 3.8) is 0 Å². The van der Waals surface area contributed by atoms with Crippen LogP contribution < -0.4 is 0 Å². The van der Waals surface area contributed by atoms with Gasteiger partial charge in [0.05, 0.1) is 14.2 Å². The average Bonchev–Trinajstić information content (AvgIpc) is 2.70. The monoisotopic (exact) mass is 330 g/mol. The Bertz CT molecular complexity index is 712. The van der Waals surface area contributed by atoms with Gasteiger partial charge in [0.1, 0.15) is 17.4 Å². The molecule has 0 aliphatic heterocycles. The van der Waals surface area contributed by atoms with E-state index in [-0.39, 0.29) is 0 Å². The van der Waals surface area contributed by atoms with Crippen LogP contribution in [-0.2, 0) is 14.9 Å². The third-order valence-electron chi connectivity index (χ3n) is 4.43. The summed E-state index contributed by atoms with van der Waals surface area (Å²) < 4.78 is 11.2. The van der Waals surface area contributed by atoms with E-state index in [9.17, 15) is 0 Å². The van der Waals surface area contributed by atoms with Crippen molar-refractivity contribution < 1.29 is 9.47 Å². The Kier molecular flexibility index (Phi) is 5.20. The van der Waals surface area contributed by atoms with E-state index in [4.69, 9.17) is 9.47 Å². The van der Waals surface area contributed by atoms with Gasteiger partial charge in [0.15, 0.2) is 0 Å². The Morgan fingerprint density at radius 2 is 1.00 bits per heavy atom. The predicted octanol–water partition coefficient (Wildman–Crippen LogP) is 5.16. The van der Waals surface area contributed by atoms with E-state index >= 15 is 0 Å². The number of benzene rings is 3. The zero-order valence-electron chi connectivity index (χ0n) is 14.6. The van der Waals surface area contributed by atoms with E-state index in [1.807, 2.05) is 18.2 Å². The number of hydrogen-bond donors (Lipinski definition) is 0. The lowest BCUT2D eigenvalue weighted by atomic mass is 9.68. The van der Waals surface area contributed by atoms with Crippen molar-refractivity contribution in [3.05, 3.63) is 120 Å². The van der Waals surface area contributed by atoms with Crippen molar-refractivity contribution in [1.82, 2.24) is 0 Å². The molecule has 0 aliphatic carbocycles. The van der Waals surface area contributed by atoms with Crippen LogP contribution in [0.5, 0.6) is 0 Å². The summed E-state index contributed by atoms with van der Waals surface area (Å²) in [6, 6.07) is 31.1. The minimum absolute atomic E-state index is 0.589. The molecule has 126 valence electrons. The fourth-order valence-electron chi connectivity index (χ4n) is 3.39. The third-order valence-corrected chi connectivity index (χ3v) is 4.43. The second-order valence-corrected chi connectivity index (χ2v) is 5.77. The highest BCUT2D eigenvalue weighted by Crippen LogP contribution is 2.45. The molecular weight excluding hydrogens is 308 g/mol. The summed E-state index contributed by atoms with van der Waals surface area (Å²) in [6.07, 6.45) is 1.69. The zero-order chi connectivity index (χ0) is 17.5. The summed E-state index contributed by atoms with van der Waals surface area (Å²) in [5.74, 6) is 0.735. The molecule has 0 heterocycles. The maximum atomic E-state index is 5.86. The van der Waals surface area contributed by atoms with Crippen LogP contribution in [0.4, 0.5) is 0 Å². The molecule has 0 radical (unpaired) electrons. The quantitative estimate of drug-likeness (QED) is 0.459. The Morgan fingerprint density at radius 1 is 0.640 bits per heavy atom. The second-order valence-electron chi connectivity index (χ2n) is 5.77. The average molecular weight is 330 g/mol. The SMILES string of the molecule is COC=C(OC)C(c1ccccc1)(c1ccccc1)c1ccccc1. The molecule has 0 amide bonds. The first-order valence-corrected chi connectivity index (χ1v) is 8.28. The van der Waals surface area contributed by atoms with Gasteiger partial charge in [0, 0.05) is 0 Å². The van der Waals surface area contributed by atoms with Crippen LogP contribution in [0.1, 0.15) is 16.7 Å². The number of hydrogen-bond acceptors (Lipinski definition) is 2. The van der Waals surface area contributed by atoms with E-state index in [1.54, 1.807) is 20.5 Å². The molecule has 0 saturated heterocycles. The fourth-order valence-corrected chi connectivity index (χ4v) is 3.39. The van der Waals surface area contributed by atoms with Crippen LogP contribution in [0.3, 0.4) is 0 Å². The Morgan fingerprint density at radius 3 is 1.28 bits per heavy atom. The predicted molar refractivity (Wildman–Crippen MR) is 101 cm³/mol. The van der Waals surface area contributed by atoms with Gasteiger partial charge < -0.3 is 9.47 Å². The molecule has 0 bridgehead atoms. The molecule has 0 unspecified atom stereocenters. The topological polar surface area (TPSA) is 18.5 Å². The highest BCUT2D eigenvalue weighted by Gasteiger charge is 2.41. The number of ether oxygens (including phenoxy) is 2. The lowest BCUT2D eigenvalue weighted by Crippen LogP contribution is -2.33. The molecule has 0 saturated carbocycles. The number of allylic oxidation sites excluding steroid dienone is 1. The smallest absolute Gasteiger partial charge is 0.149 e. The van der Waals surface area contributed by atoms with Crippen LogP contribution in [0.25, 0.3) is 0 Å². The normalized spacial score (nSPS) is 11.8. The van der Waals surface area contributed by atoms with Crippen molar-refractivity contribution in [2.75, 3.05) is 14.2 Å². The minimum Gasteiger partial charge on any atom is -0.501 e. The molecule has 0 aromatic heterocycles. The van der Waals surface area contributed by atoms with Gasteiger partial charge in [-0.1, -0.05) is 91.0 Å². The maximum absolute atomic E-state index is 5.86. The Balaban J connectivity index is 2.42. The summed E-state index contributed by atoms with van der Waals surface area (Å²) in [7, 11) is 3.33. The van der Waals surface area contributed by atoms with Crippen LogP contribution in [0.15, 0.2) is 103 Å². The van der Waals surface area contributed by atoms with Crippen LogP contribution in [-0.4, -0.2) is 14.2 Å². The Hall–Kier alpha value is -3.00. The number of rotatable bonds is 6. The van der Waals surface area contributed by atoms with Crippen LogP contribution in [0, 0.1) is 0 Å². The van der Waals surface area contributed by atoms with Gasteiger partial charge in [0.25, 0.3) is 0 Å². The van der Waals surface area contributed by atoms with Crippen LogP contribution in [0.2, 0.25) is 0 Å². The van der Waals surface area contributed by atoms with Gasteiger partial charge in [-0.05, 0) is 16.7 Å². The first kappa shape index (κ1) is 16.8. The maximum Gasteiger partial charge on any atom is 0.149 e. The molecule has 25 heavy (non-hydrogen) atoms. The van der Waals surface area contributed by atoms with Crippen molar-refractivity contribution in [1.29, 1.82) is 0 Å². The van der Waals surface area contributed by atoms with Crippen molar-refractivity contribution >= 4 is 0 Å². The van der Waals surface area contributed by atoms with Crippen LogP contribution >= 0.6 is 0 Å². The molecule has 0 fully saturated rings. The molecule has 3 rings (SSSR count). The van der Waals surface area contributed by atoms with Gasteiger partial charge >= 0.3 is 0 Å². The Labute approximate surface area is 149 Å². The van der Waals surface area contributed by atoms with Gasteiger partial charge in [-0.15, -0.1) is 0 Å². The summed E-state index contributed by atoms with van der Waals surface area (Å²) >= 11 is 0. The van der Waals surface area contributed by atoms with E-state index < -0.39 is 5.41 Å². The molecular formula is C23H22O2. The van der Waals surface area contributed by atoms with Gasteiger partial charge in [0.2, 0.25) is 0 Å². The number of methoxy groups -OCH3 is 2. The van der Waals surface area contributed by atoms with E-state index in [1.165, 1.54) is 0 Å². The third kappa shape index (κ3) is 3.03.